The maximum atomic E-state index is 10.5. The third-order valence-corrected chi connectivity index (χ3v) is 2.33. The molecule has 3 N–H and O–H groups in total. The molecule has 0 spiro atoms. The van der Waals surface area contributed by atoms with Gasteiger partial charge in [0.05, 0.1) is 10.6 Å². The van der Waals surface area contributed by atoms with Crippen LogP contribution in [0.15, 0.2) is 34.5 Å². The molecule has 0 aliphatic heterocycles. The van der Waals surface area contributed by atoms with E-state index in [0.717, 1.165) is 0 Å². The normalized spacial score (nSPS) is 10.8. The van der Waals surface area contributed by atoms with Crippen molar-refractivity contribution in [1.29, 1.82) is 0 Å². The van der Waals surface area contributed by atoms with Crippen molar-refractivity contribution in [2.24, 2.45) is 10.2 Å². The standard InChI is InChI=1S/C11H10N6O3/c1-6-13-10(12)9(18)11(14-6)16-15-7-2-4-8(5-3-7)17(19)20/h2-5,18H,1H3,(H2,12,13,14). The number of aromatic hydroxyl groups is 1. The van der Waals surface area contributed by atoms with Crippen molar-refractivity contribution in [1.82, 2.24) is 9.97 Å². The van der Waals surface area contributed by atoms with Gasteiger partial charge in [0.15, 0.2) is 5.82 Å². The predicted molar refractivity (Wildman–Crippen MR) is 70.1 cm³/mol. The lowest BCUT2D eigenvalue weighted by molar-refractivity contribution is -0.384. The molecule has 0 aliphatic rings. The molecule has 0 bridgehead atoms. The Morgan fingerprint density at radius 3 is 2.50 bits per heavy atom. The average Bonchev–Trinajstić information content (AvgIpc) is 2.41. The van der Waals surface area contributed by atoms with Crippen molar-refractivity contribution in [2.45, 2.75) is 6.92 Å². The number of nitro benzene ring substituents is 1. The summed E-state index contributed by atoms with van der Waals surface area (Å²) in [7, 11) is 0. The molecule has 102 valence electrons. The van der Waals surface area contributed by atoms with Crippen molar-refractivity contribution >= 4 is 23.0 Å². The second kappa shape index (κ2) is 5.26. The SMILES string of the molecule is Cc1nc(N)c(O)c(N=Nc2ccc([N+](=O)[O-])cc2)n1. The minimum absolute atomic E-state index is 0.0473. The van der Waals surface area contributed by atoms with Crippen LogP contribution in [0.1, 0.15) is 5.82 Å². The summed E-state index contributed by atoms with van der Waals surface area (Å²) in [5.41, 5.74) is 5.80. The highest BCUT2D eigenvalue weighted by atomic mass is 16.6. The summed E-state index contributed by atoms with van der Waals surface area (Å²) in [6.07, 6.45) is 0. The Labute approximate surface area is 113 Å². The second-order valence-electron chi connectivity index (χ2n) is 3.80. The molecule has 9 nitrogen and oxygen atoms in total. The zero-order valence-electron chi connectivity index (χ0n) is 10.4. The fraction of sp³-hybridized carbons (Fsp3) is 0.0909. The summed E-state index contributed by atoms with van der Waals surface area (Å²) in [6.45, 7) is 1.60. The lowest BCUT2D eigenvalue weighted by Crippen LogP contribution is -1.95. The lowest BCUT2D eigenvalue weighted by Gasteiger charge is -2.01. The second-order valence-corrected chi connectivity index (χ2v) is 3.80. The quantitative estimate of drug-likeness (QED) is 0.500. The van der Waals surface area contributed by atoms with Gasteiger partial charge in [0.2, 0.25) is 11.6 Å². The van der Waals surface area contributed by atoms with Crippen LogP contribution in [-0.4, -0.2) is 20.0 Å². The molecule has 0 unspecified atom stereocenters. The largest absolute Gasteiger partial charge is 0.502 e. The highest BCUT2D eigenvalue weighted by Crippen LogP contribution is 2.30. The van der Waals surface area contributed by atoms with Crippen molar-refractivity contribution in [3.05, 3.63) is 40.2 Å². The number of hydrogen-bond donors (Lipinski definition) is 2. The summed E-state index contributed by atoms with van der Waals surface area (Å²) in [5.74, 6) is -0.164. The molecule has 0 radical (unpaired) electrons. The molecule has 0 atom stereocenters. The summed E-state index contributed by atoms with van der Waals surface area (Å²) in [5, 5.41) is 27.7. The van der Waals surface area contributed by atoms with Gasteiger partial charge in [0.1, 0.15) is 5.82 Å². The summed E-state index contributed by atoms with van der Waals surface area (Å²) < 4.78 is 0. The van der Waals surface area contributed by atoms with Crippen LogP contribution in [0.5, 0.6) is 5.75 Å². The van der Waals surface area contributed by atoms with Gasteiger partial charge in [-0.2, -0.15) is 0 Å². The van der Waals surface area contributed by atoms with Crippen LogP contribution in [0.3, 0.4) is 0 Å². The molecule has 0 aliphatic carbocycles. The number of nitrogens with two attached hydrogens (primary N) is 1. The third kappa shape index (κ3) is 2.83. The molecule has 0 saturated heterocycles. The van der Waals surface area contributed by atoms with Gasteiger partial charge >= 0.3 is 0 Å². The highest BCUT2D eigenvalue weighted by Gasteiger charge is 2.09. The molecule has 0 amide bonds. The van der Waals surface area contributed by atoms with Gasteiger partial charge in [0.25, 0.3) is 5.69 Å². The van der Waals surface area contributed by atoms with Crippen LogP contribution in [-0.2, 0) is 0 Å². The number of non-ortho nitro benzene ring substituents is 1. The highest BCUT2D eigenvalue weighted by molar-refractivity contribution is 5.57. The first-order valence-corrected chi connectivity index (χ1v) is 5.46. The maximum absolute atomic E-state index is 10.5. The number of nitrogens with zero attached hydrogens (tertiary/aromatic N) is 5. The first kappa shape index (κ1) is 13.3. The number of anilines is 1. The van der Waals surface area contributed by atoms with E-state index in [2.05, 4.69) is 20.2 Å². The number of hydrogen-bond acceptors (Lipinski definition) is 8. The molecule has 0 fully saturated rings. The van der Waals surface area contributed by atoms with Gasteiger partial charge in [0, 0.05) is 12.1 Å². The van der Waals surface area contributed by atoms with E-state index in [9.17, 15) is 15.2 Å². The predicted octanol–water partition coefficient (Wildman–Crippen LogP) is 2.40. The molecule has 2 aromatic rings. The van der Waals surface area contributed by atoms with Gasteiger partial charge in [-0.1, -0.05) is 0 Å². The number of azo groups is 1. The van der Waals surface area contributed by atoms with E-state index in [1.54, 1.807) is 6.92 Å². The fourth-order valence-electron chi connectivity index (χ4n) is 1.39. The van der Waals surface area contributed by atoms with Crippen molar-refractivity contribution < 1.29 is 10.0 Å². The monoisotopic (exact) mass is 274 g/mol. The molecule has 20 heavy (non-hydrogen) atoms. The topological polar surface area (TPSA) is 140 Å². The Balaban J connectivity index is 2.27. The molecule has 0 saturated carbocycles. The Hall–Kier alpha value is -3.10. The van der Waals surface area contributed by atoms with E-state index in [0.29, 0.717) is 11.5 Å². The van der Waals surface area contributed by atoms with Crippen LogP contribution in [0.4, 0.5) is 23.0 Å². The first-order valence-electron chi connectivity index (χ1n) is 5.46. The Morgan fingerprint density at radius 1 is 1.25 bits per heavy atom. The lowest BCUT2D eigenvalue weighted by atomic mass is 10.3. The van der Waals surface area contributed by atoms with Crippen molar-refractivity contribution in [3.8, 4) is 5.75 Å². The number of benzene rings is 1. The molecule has 2 rings (SSSR count). The summed E-state index contributed by atoms with van der Waals surface area (Å²) in [6, 6.07) is 5.45. The van der Waals surface area contributed by atoms with E-state index in [1.807, 2.05) is 0 Å². The number of nitro groups is 1. The zero-order valence-corrected chi connectivity index (χ0v) is 10.4. The Bertz CT molecular complexity index is 683. The summed E-state index contributed by atoms with van der Waals surface area (Å²) >= 11 is 0. The van der Waals surface area contributed by atoms with Gasteiger partial charge in [-0.15, -0.1) is 10.2 Å². The van der Waals surface area contributed by atoms with Crippen LogP contribution in [0.2, 0.25) is 0 Å². The maximum Gasteiger partial charge on any atom is 0.269 e. The fourth-order valence-corrected chi connectivity index (χ4v) is 1.39. The van der Waals surface area contributed by atoms with E-state index in [1.165, 1.54) is 24.3 Å². The molecule has 1 heterocycles. The molecular weight excluding hydrogens is 264 g/mol. The van der Waals surface area contributed by atoms with Crippen LogP contribution < -0.4 is 5.73 Å². The van der Waals surface area contributed by atoms with E-state index < -0.39 is 4.92 Å². The van der Waals surface area contributed by atoms with E-state index >= 15 is 0 Å². The molecule has 1 aromatic carbocycles. The zero-order chi connectivity index (χ0) is 14.7. The van der Waals surface area contributed by atoms with E-state index in [-0.39, 0.29) is 23.1 Å². The Morgan fingerprint density at radius 2 is 1.90 bits per heavy atom. The van der Waals surface area contributed by atoms with Gasteiger partial charge < -0.3 is 10.8 Å². The average molecular weight is 274 g/mol. The van der Waals surface area contributed by atoms with Gasteiger partial charge in [-0.3, -0.25) is 10.1 Å². The van der Waals surface area contributed by atoms with Crippen molar-refractivity contribution in [3.63, 3.8) is 0 Å². The summed E-state index contributed by atoms with van der Waals surface area (Å²) in [4.78, 5) is 17.6. The number of aromatic nitrogens is 2. The molecule has 9 heteroatoms. The Kier molecular flexibility index (Phi) is 3.51. The van der Waals surface area contributed by atoms with Crippen LogP contribution in [0.25, 0.3) is 0 Å². The minimum atomic E-state index is -0.513. The molecular formula is C11H10N6O3. The molecule has 1 aromatic heterocycles. The van der Waals surface area contributed by atoms with Gasteiger partial charge in [-0.25, -0.2) is 9.97 Å². The third-order valence-electron chi connectivity index (χ3n) is 2.33. The van der Waals surface area contributed by atoms with Crippen LogP contribution in [0, 0.1) is 17.0 Å². The number of aryl methyl sites for hydroxylation is 1. The van der Waals surface area contributed by atoms with Gasteiger partial charge in [-0.05, 0) is 19.1 Å². The van der Waals surface area contributed by atoms with E-state index in [4.69, 9.17) is 5.73 Å². The minimum Gasteiger partial charge on any atom is -0.502 e. The van der Waals surface area contributed by atoms with Crippen molar-refractivity contribution in [2.75, 3.05) is 5.73 Å². The smallest absolute Gasteiger partial charge is 0.269 e. The number of nitrogen functional groups attached to an aromatic ring is 1. The first-order chi connectivity index (χ1) is 9.47. The van der Waals surface area contributed by atoms with Crippen LogP contribution >= 0.6 is 0 Å². The number of rotatable bonds is 3.